The molecule has 0 amide bonds. The first-order chi connectivity index (χ1) is 8.92. The fraction of sp³-hybridized carbons (Fsp3) is 0.250. The molecular weight excluding hydrogens is 224 g/mol. The molecule has 0 aliphatic carbocycles. The van der Waals surface area contributed by atoms with Crippen molar-refractivity contribution in [1.82, 2.24) is 0 Å². The maximum absolute atomic E-state index is 5.76. The molecule has 2 heteroatoms. The first-order valence-corrected chi connectivity index (χ1v) is 6.36. The fourth-order valence-corrected chi connectivity index (χ4v) is 2.22. The molecule has 0 saturated carbocycles. The van der Waals surface area contributed by atoms with E-state index < -0.39 is 0 Å². The van der Waals surface area contributed by atoms with Crippen molar-refractivity contribution in [3.05, 3.63) is 60.2 Å². The van der Waals surface area contributed by atoms with E-state index in [0.717, 1.165) is 30.9 Å². The lowest BCUT2D eigenvalue weighted by atomic mass is 10.1. The first kappa shape index (κ1) is 11.3. The summed E-state index contributed by atoms with van der Waals surface area (Å²) in [5.41, 5.74) is 1.24. The quantitative estimate of drug-likeness (QED) is 0.795. The summed E-state index contributed by atoms with van der Waals surface area (Å²) >= 11 is 0. The Morgan fingerprint density at radius 2 is 1.61 bits per heavy atom. The Kier molecular flexibility index (Phi) is 3.29. The average Bonchev–Trinajstić information content (AvgIpc) is 2.95. The van der Waals surface area contributed by atoms with Gasteiger partial charge in [0.05, 0.1) is 6.10 Å². The standard InChI is InChI=1S/C16H16O2/c1-2-5-14(6-3-1)18-15-10-8-13(9-11-15)16-7-4-12-17-16/h1-3,5-6,8-11,16H,4,7,12H2. The van der Waals surface area contributed by atoms with Gasteiger partial charge in [-0.3, -0.25) is 0 Å². The third-order valence-electron chi connectivity index (χ3n) is 3.16. The zero-order valence-electron chi connectivity index (χ0n) is 10.2. The minimum Gasteiger partial charge on any atom is -0.457 e. The molecule has 2 aromatic carbocycles. The molecule has 2 nitrogen and oxygen atoms in total. The maximum atomic E-state index is 5.76. The Balaban J connectivity index is 1.71. The van der Waals surface area contributed by atoms with Gasteiger partial charge in [-0.25, -0.2) is 0 Å². The molecule has 0 N–H and O–H groups in total. The molecule has 0 radical (unpaired) electrons. The summed E-state index contributed by atoms with van der Waals surface area (Å²) in [4.78, 5) is 0. The van der Waals surface area contributed by atoms with Crippen molar-refractivity contribution in [2.45, 2.75) is 18.9 Å². The van der Waals surface area contributed by atoms with Gasteiger partial charge in [0.2, 0.25) is 0 Å². The minimum atomic E-state index is 0.274. The molecule has 1 heterocycles. The van der Waals surface area contributed by atoms with Crippen molar-refractivity contribution >= 4 is 0 Å². The zero-order chi connectivity index (χ0) is 12.2. The van der Waals surface area contributed by atoms with E-state index in [2.05, 4.69) is 12.1 Å². The molecule has 1 fully saturated rings. The summed E-state index contributed by atoms with van der Waals surface area (Å²) in [6.07, 6.45) is 2.56. The van der Waals surface area contributed by atoms with Crippen LogP contribution < -0.4 is 4.74 Å². The van der Waals surface area contributed by atoms with Crippen LogP contribution in [-0.2, 0) is 4.74 Å². The van der Waals surface area contributed by atoms with Gasteiger partial charge in [-0.1, -0.05) is 30.3 Å². The Labute approximate surface area is 107 Å². The van der Waals surface area contributed by atoms with Gasteiger partial charge in [-0.05, 0) is 42.7 Å². The van der Waals surface area contributed by atoms with E-state index in [9.17, 15) is 0 Å². The van der Waals surface area contributed by atoms with Gasteiger partial charge in [0.15, 0.2) is 0 Å². The van der Waals surface area contributed by atoms with Gasteiger partial charge in [0.25, 0.3) is 0 Å². The van der Waals surface area contributed by atoms with Crippen LogP contribution in [0.2, 0.25) is 0 Å². The summed E-state index contributed by atoms with van der Waals surface area (Å²) < 4.78 is 11.4. The van der Waals surface area contributed by atoms with Crippen molar-refractivity contribution in [2.75, 3.05) is 6.61 Å². The van der Waals surface area contributed by atoms with Gasteiger partial charge < -0.3 is 9.47 Å². The van der Waals surface area contributed by atoms with Gasteiger partial charge in [0, 0.05) is 6.61 Å². The molecule has 0 spiro atoms. The SMILES string of the molecule is c1ccc(Oc2ccc(C3CCCO3)cc2)cc1. The van der Waals surface area contributed by atoms with Crippen LogP contribution >= 0.6 is 0 Å². The fourth-order valence-electron chi connectivity index (χ4n) is 2.22. The van der Waals surface area contributed by atoms with Crippen molar-refractivity contribution in [2.24, 2.45) is 0 Å². The molecule has 1 unspecified atom stereocenters. The molecule has 1 aliphatic rings. The van der Waals surface area contributed by atoms with Crippen LogP contribution in [0.5, 0.6) is 11.5 Å². The van der Waals surface area contributed by atoms with Crippen LogP contribution in [-0.4, -0.2) is 6.61 Å². The maximum Gasteiger partial charge on any atom is 0.127 e. The normalized spacial score (nSPS) is 18.8. The highest BCUT2D eigenvalue weighted by Gasteiger charge is 2.17. The Bertz CT molecular complexity index is 484. The average molecular weight is 240 g/mol. The Hall–Kier alpha value is -1.80. The first-order valence-electron chi connectivity index (χ1n) is 6.36. The van der Waals surface area contributed by atoms with Gasteiger partial charge in [-0.15, -0.1) is 0 Å². The lowest BCUT2D eigenvalue weighted by molar-refractivity contribution is 0.112. The minimum absolute atomic E-state index is 0.274. The molecule has 0 aromatic heterocycles. The van der Waals surface area contributed by atoms with Crippen LogP contribution in [0.25, 0.3) is 0 Å². The number of hydrogen-bond donors (Lipinski definition) is 0. The highest BCUT2D eigenvalue weighted by atomic mass is 16.5. The molecule has 1 saturated heterocycles. The predicted octanol–water partition coefficient (Wildman–Crippen LogP) is 4.33. The Morgan fingerprint density at radius 1 is 0.889 bits per heavy atom. The van der Waals surface area contributed by atoms with Crippen LogP contribution in [0.15, 0.2) is 54.6 Å². The highest BCUT2D eigenvalue weighted by molar-refractivity contribution is 5.33. The second-order valence-corrected chi connectivity index (χ2v) is 4.49. The van der Waals surface area contributed by atoms with E-state index >= 15 is 0 Å². The van der Waals surface area contributed by atoms with E-state index in [4.69, 9.17) is 9.47 Å². The predicted molar refractivity (Wildman–Crippen MR) is 70.9 cm³/mol. The highest BCUT2D eigenvalue weighted by Crippen LogP contribution is 2.30. The number of rotatable bonds is 3. The van der Waals surface area contributed by atoms with E-state index in [1.165, 1.54) is 5.56 Å². The monoisotopic (exact) mass is 240 g/mol. The Morgan fingerprint density at radius 3 is 2.28 bits per heavy atom. The van der Waals surface area contributed by atoms with Gasteiger partial charge in [0.1, 0.15) is 11.5 Å². The van der Waals surface area contributed by atoms with E-state index in [1.807, 2.05) is 42.5 Å². The second-order valence-electron chi connectivity index (χ2n) is 4.49. The molecule has 3 rings (SSSR count). The van der Waals surface area contributed by atoms with Crippen LogP contribution in [0.4, 0.5) is 0 Å². The summed E-state index contributed by atoms with van der Waals surface area (Å²) in [6, 6.07) is 18.0. The second kappa shape index (κ2) is 5.23. The molecular formula is C16H16O2. The molecule has 92 valence electrons. The van der Waals surface area contributed by atoms with Crippen molar-refractivity contribution in [3.8, 4) is 11.5 Å². The van der Waals surface area contributed by atoms with Crippen LogP contribution in [0.1, 0.15) is 24.5 Å². The largest absolute Gasteiger partial charge is 0.457 e. The number of ether oxygens (including phenoxy) is 2. The lowest BCUT2D eigenvalue weighted by Crippen LogP contribution is -1.95. The van der Waals surface area contributed by atoms with E-state index in [-0.39, 0.29) is 6.10 Å². The smallest absolute Gasteiger partial charge is 0.127 e. The van der Waals surface area contributed by atoms with Gasteiger partial charge >= 0.3 is 0 Å². The molecule has 1 aliphatic heterocycles. The summed E-state index contributed by atoms with van der Waals surface area (Å²) in [5, 5.41) is 0. The summed E-state index contributed by atoms with van der Waals surface area (Å²) in [6.45, 7) is 0.882. The molecule has 0 bridgehead atoms. The van der Waals surface area contributed by atoms with E-state index in [0.29, 0.717) is 0 Å². The third kappa shape index (κ3) is 2.54. The summed E-state index contributed by atoms with van der Waals surface area (Å²) in [5.74, 6) is 1.73. The lowest BCUT2D eigenvalue weighted by Gasteiger charge is -2.11. The third-order valence-corrected chi connectivity index (χ3v) is 3.16. The van der Waals surface area contributed by atoms with Crippen LogP contribution in [0, 0.1) is 0 Å². The topological polar surface area (TPSA) is 18.5 Å². The van der Waals surface area contributed by atoms with Gasteiger partial charge in [-0.2, -0.15) is 0 Å². The number of benzene rings is 2. The van der Waals surface area contributed by atoms with Crippen LogP contribution in [0.3, 0.4) is 0 Å². The van der Waals surface area contributed by atoms with Crippen molar-refractivity contribution < 1.29 is 9.47 Å². The van der Waals surface area contributed by atoms with E-state index in [1.54, 1.807) is 0 Å². The molecule has 2 aromatic rings. The van der Waals surface area contributed by atoms with Crippen molar-refractivity contribution in [3.63, 3.8) is 0 Å². The molecule has 1 atom stereocenters. The zero-order valence-corrected chi connectivity index (χ0v) is 10.2. The number of para-hydroxylation sites is 1. The molecule has 18 heavy (non-hydrogen) atoms. The summed E-state index contributed by atoms with van der Waals surface area (Å²) in [7, 11) is 0. The number of hydrogen-bond acceptors (Lipinski definition) is 2. The van der Waals surface area contributed by atoms with Crippen molar-refractivity contribution in [1.29, 1.82) is 0 Å².